The Morgan fingerprint density at radius 1 is 1.15 bits per heavy atom. The third-order valence-corrected chi connectivity index (χ3v) is 5.62. The lowest BCUT2D eigenvalue weighted by Crippen LogP contribution is -2.54. The van der Waals surface area contributed by atoms with Gasteiger partial charge >= 0.3 is 5.97 Å². The van der Waals surface area contributed by atoms with Gasteiger partial charge in [0.25, 0.3) is 0 Å². The second-order valence-corrected chi connectivity index (χ2v) is 6.88. The number of carboxylic acids is 1. The minimum absolute atomic E-state index is 0.361. The normalized spacial score (nSPS) is 34.4. The standard InChI is InChI=1S/C16H27NO3/c18-15(19)16(8-3-1-2-4-9-16)12-17-10-11-20-14-7-5-6-13(14)17/h13-14H,1-12H2,(H,18,19). The number of ether oxygens (including phenoxy) is 1. The number of fused-ring (bicyclic) bond motifs is 1. The molecule has 0 aromatic heterocycles. The number of aliphatic carboxylic acids is 1. The van der Waals surface area contributed by atoms with E-state index < -0.39 is 11.4 Å². The van der Waals surface area contributed by atoms with Crippen LogP contribution in [-0.4, -0.2) is 47.8 Å². The highest BCUT2D eigenvalue weighted by molar-refractivity contribution is 5.75. The summed E-state index contributed by atoms with van der Waals surface area (Å²) in [6, 6.07) is 0.475. The fraction of sp³-hybridized carbons (Fsp3) is 0.938. The van der Waals surface area contributed by atoms with Crippen LogP contribution in [-0.2, 0) is 9.53 Å². The smallest absolute Gasteiger partial charge is 0.310 e. The predicted octanol–water partition coefficient (Wildman–Crippen LogP) is 2.66. The second kappa shape index (κ2) is 6.02. The molecular weight excluding hydrogens is 254 g/mol. The van der Waals surface area contributed by atoms with E-state index in [1.807, 2.05) is 0 Å². The first kappa shape index (κ1) is 14.3. The van der Waals surface area contributed by atoms with Crippen LogP contribution < -0.4 is 0 Å². The molecule has 2 atom stereocenters. The van der Waals surface area contributed by atoms with Crippen molar-refractivity contribution in [2.45, 2.75) is 69.9 Å². The molecule has 1 heterocycles. The van der Waals surface area contributed by atoms with E-state index in [1.165, 1.54) is 25.7 Å². The number of morpholine rings is 1. The lowest BCUT2D eigenvalue weighted by molar-refractivity contribution is -0.154. The Hall–Kier alpha value is -0.610. The summed E-state index contributed by atoms with van der Waals surface area (Å²) < 4.78 is 5.85. The molecule has 1 aliphatic heterocycles. The molecule has 2 saturated carbocycles. The van der Waals surface area contributed by atoms with Crippen LogP contribution in [0.4, 0.5) is 0 Å². The summed E-state index contributed by atoms with van der Waals surface area (Å²) >= 11 is 0. The van der Waals surface area contributed by atoms with Crippen molar-refractivity contribution in [2.24, 2.45) is 5.41 Å². The van der Waals surface area contributed by atoms with Crippen molar-refractivity contribution < 1.29 is 14.6 Å². The highest BCUT2D eigenvalue weighted by Gasteiger charge is 2.44. The van der Waals surface area contributed by atoms with Crippen LogP contribution in [0.2, 0.25) is 0 Å². The third-order valence-electron chi connectivity index (χ3n) is 5.62. The molecule has 114 valence electrons. The predicted molar refractivity (Wildman–Crippen MR) is 76.7 cm³/mol. The zero-order chi connectivity index (χ0) is 14.0. The van der Waals surface area contributed by atoms with Gasteiger partial charge in [0.1, 0.15) is 0 Å². The van der Waals surface area contributed by atoms with Gasteiger partial charge in [0.05, 0.1) is 18.1 Å². The van der Waals surface area contributed by atoms with Gasteiger partial charge < -0.3 is 9.84 Å². The van der Waals surface area contributed by atoms with E-state index in [0.717, 1.165) is 51.8 Å². The minimum atomic E-state index is -0.569. The molecule has 3 fully saturated rings. The van der Waals surface area contributed by atoms with E-state index >= 15 is 0 Å². The number of rotatable bonds is 3. The average molecular weight is 281 g/mol. The summed E-state index contributed by atoms with van der Waals surface area (Å²) in [6.07, 6.45) is 10.2. The molecule has 2 aliphatic carbocycles. The second-order valence-electron chi connectivity index (χ2n) is 6.88. The molecule has 0 bridgehead atoms. The first-order valence-electron chi connectivity index (χ1n) is 8.30. The summed E-state index contributed by atoms with van der Waals surface area (Å²) in [6.45, 7) is 2.43. The Labute approximate surface area is 121 Å². The molecule has 3 aliphatic rings. The molecular formula is C16H27NO3. The maximum Gasteiger partial charge on any atom is 0.310 e. The molecule has 0 aromatic rings. The highest BCUT2D eigenvalue weighted by Crippen LogP contribution is 2.39. The Bertz CT molecular complexity index is 350. The van der Waals surface area contributed by atoms with Crippen molar-refractivity contribution >= 4 is 5.97 Å². The van der Waals surface area contributed by atoms with E-state index in [1.54, 1.807) is 0 Å². The molecule has 0 radical (unpaired) electrons. The van der Waals surface area contributed by atoms with Gasteiger partial charge in [0.15, 0.2) is 0 Å². The number of hydrogen-bond acceptors (Lipinski definition) is 3. The van der Waals surface area contributed by atoms with Crippen molar-refractivity contribution in [2.75, 3.05) is 19.7 Å². The maximum absolute atomic E-state index is 11.9. The molecule has 0 amide bonds. The fourth-order valence-corrected chi connectivity index (χ4v) is 4.44. The molecule has 3 rings (SSSR count). The summed E-state index contributed by atoms with van der Waals surface area (Å²) in [5.41, 5.74) is -0.499. The summed E-state index contributed by atoms with van der Waals surface area (Å²) in [5.74, 6) is -0.569. The lowest BCUT2D eigenvalue weighted by Gasteiger charge is -2.42. The average Bonchev–Trinajstić information content (AvgIpc) is 2.79. The topological polar surface area (TPSA) is 49.8 Å². The van der Waals surface area contributed by atoms with Crippen LogP contribution in [0.15, 0.2) is 0 Å². The Morgan fingerprint density at radius 2 is 1.90 bits per heavy atom. The van der Waals surface area contributed by atoms with Crippen molar-refractivity contribution in [3.05, 3.63) is 0 Å². The van der Waals surface area contributed by atoms with Gasteiger partial charge in [-0.25, -0.2) is 0 Å². The van der Waals surface area contributed by atoms with Gasteiger partial charge in [0.2, 0.25) is 0 Å². The van der Waals surface area contributed by atoms with Gasteiger partial charge in [-0.2, -0.15) is 0 Å². The van der Waals surface area contributed by atoms with E-state index in [2.05, 4.69) is 4.90 Å². The summed E-state index contributed by atoms with van der Waals surface area (Å²) in [4.78, 5) is 14.4. The molecule has 0 spiro atoms. The van der Waals surface area contributed by atoms with Gasteiger partial charge in [0, 0.05) is 19.1 Å². The van der Waals surface area contributed by atoms with Crippen LogP contribution in [0, 0.1) is 5.41 Å². The van der Waals surface area contributed by atoms with Crippen LogP contribution >= 0.6 is 0 Å². The van der Waals surface area contributed by atoms with E-state index in [0.29, 0.717) is 12.1 Å². The van der Waals surface area contributed by atoms with Crippen LogP contribution in [0.25, 0.3) is 0 Å². The molecule has 1 saturated heterocycles. The first-order chi connectivity index (χ1) is 9.71. The molecule has 4 nitrogen and oxygen atoms in total. The SMILES string of the molecule is O=C(O)C1(CN2CCOC3CCCC32)CCCCCC1. The third kappa shape index (κ3) is 2.73. The summed E-state index contributed by atoms with van der Waals surface area (Å²) in [7, 11) is 0. The minimum Gasteiger partial charge on any atom is -0.481 e. The van der Waals surface area contributed by atoms with Gasteiger partial charge in [-0.1, -0.05) is 25.7 Å². The molecule has 1 N–H and O–H groups in total. The Morgan fingerprint density at radius 3 is 2.60 bits per heavy atom. The quantitative estimate of drug-likeness (QED) is 0.808. The van der Waals surface area contributed by atoms with Gasteiger partial charge in [-0.3, -0.25) is 9.69 Å². The Balaban J connectivity index is 1.73. The van der Waals surface area contributed by atoms with Crippen molar-refractivity contribution in [3.8, 4) is 0 Å². The van der Waals surface area contributed by atoms with E-state index in [9.17, 15) is 9.90 Å². The zero-order valence-corrected chi connectivity index (χ0v) is 12.4. The van der Waals surface area contributed by atoms with E-state index in [-0.39, 0.29) is 0 Å². The molecule has 20 heavy (non-hydrogen) atoms. The van der Waals surface area contributed by atoms with Crippen molar-refractivity contribution in [3.63, 3.8) is 0 Å². The van der Waals surface area contributed by atoms with Crippen LogP contribution in [0.1, 0.15) is 57.8 Å². The number of carbonyl (C=O) groups is 1. The molecule has 4 heteroatoms. The number of hydrogen-bond donors (Lipinski definition) is 1. The highest BCUT2D eigenvalue weighted by atomic mass is 16.5. The van der Waals surface area contributed by atoms with Gasteiger partial charge in [-0.05, 0) is 32.1 Å². The molecule has 0 aromatic carbocycles. The maximum atomic E-state index is 11.9. The van der Waals surface area contributed by atoms with Crippen molar-refractivity contribution in [1.82, 2.24) is 4.90 Å². The number of nitrogens with zero attached hydrogens (tertiary/aromatic N) is 1. The summed E-state index contributed by atoms with van der Waals surface area (Å²) in [5, 5.41) is 9.83. The monoisotopic (exact) mass is 281 g/mol. The van der Waals surface area contributed by atoms with E-state index in [4.69, 9.17) is 4.74 Å². The zero-order valence-electron chi connectivity index (χ0n) is 12.4. The van der Waals surface area contributed by atoms with Crippen LogP contribution in [0.5, 0.6) is 0 Å². The number of carboxylic acid groups (broad SMARTS) is 1. The largest absolute Gasteiger partial charge is 0.481 e. The lowest BCUT2D eigenvalue weighted by atomic mass is 9.79. The Kier molecular flexibility index (Phi) is 4.32. The van der Waals surface area contributed by atoms with Crippen molar-refractivity contribution in [1.29, 1.82) is 0 Å². The first-order valence-corrected chi connectivity index (χ1v) is 8.30. The fourth-order valence-electron chi connectivity index (χ4n) is 4.44. The van der Waals surface area contributed by atoms with Crippen LogP contribution in [0.3, 0.4) is 0 Å². The van der Waals surface area contributed by atoms with Gasteiger partial charge in [-0.15, -0.1) is 0 Å². The molecule has 2 unspecified atom stereocenters.